The van der Waals surface area contributed by atoms with E-state index in [1.807, 2.05) is 0 Å². The highest BCUT2D eigenvalue weighted by atomic mass is 16.5. The molecule has 2 rings (SSSR count). The summed E-state index contributed by atoms with van der Waals surface area (Å²) in [6, 6.07) is 7.23. The molecule has 108 valence electrons. The van der Waals surface area contributed by atoms with E-state index in [9.17, 15) is 14.4 Å². The van der Waals surface area contributed by atoms with Crippen molar-refractivity contribution in [1.29, 1.82) is 0 Å². The van der Waals surface area contributed by atoms with Crippen molar-refractivity contribution in [2.24, 2.45) is 5.73 Å². The first kappa shape index (κ1) is 14.3. The van der Waals surface area contributed by atoms with Crippen LogP contribution >= 0.6 is 0 Å². The summed E-state index contributed by atoms with van der Waals surface area (Å²) in [6.45, 7) is 0. The van der Waals surface area contributed by atoms with Crippen LogP contribution in [0.15, 0.2) is 45.8 Å². The SMILES string of the molecule is COc1coc(C(=O)Nc2ccccc2C(N)=O)cc1=O. The third kappa shape index (κ3) is 3.08. The number of anilines is 1. The number of carbonyl (C=O) groups excluding carboxylic acids is 2. The Morgan fingerprint density at radius 3 is 2.62 bits per heavy atom. The summed E-state index contributed by atoms with van der Waals surface area (Å²) in [5.74, 6) is -1.57. The number of nitrogens with two attached hydrogens (primary N) is 1. The number of primary amides is 1. The first-order valence-corrected chi connectivity index (χ1v) is 5.90. The molecule has 0 spiro atoms. The number of ether oxygens (including phenoxy) is 1. The molecule has 1 aromatic carbocycles. The highest BCUT2D eigenvalue weighted by Gasteiger charge is 2.15. The number of hydrogen-bond donors (Lipinski definition) is 2. The average Bonchev–Trinajstić information content (AvgIpc) is 2.47. The number of para-hydroxylation sites is 1. The van der Waals surface area contributed by atoms with Crippen LogP contribution in [0.2, 0.25) is 0 Å². The van der Waals surface area contributed by atoms with Crippen molar-refractivity contribution in [2.75, 3.05) is 12.4 Å². The normalized spacial score (nSPS) is 9.95. The maximum absolute atomic E-state index is 12.0. The lowest BCUT2D eigenvalue weighted by molar-refractivity contribution is 0.0993. The van der Waals surface area contributed by atoms with Crippen LogP contribution in [0.1, 0.15) is 20.9 Å². The van der Waals surface area contributed by atoms with Crippen molar-refractivity contribution >= 4 is 17.5 Å². The minimum Gasteiger partial charge on any atom is -0.490 e. The van der Waals surface area contributed by atoms with Gasteiger partial charge >= 0.3 is 0 Å². The fourth-order valence-corrected chi connectivity index (χ4v) is 1.66. The lowest BCUT2D eigenvalue weighted by atomic mass is 10.1. The van der Waals surface area contributed by atoms with E-state index < -0.39 is 17.2 Å². The molecule has 21 heavy (non-hydrogen) atoms. The Morgan fingerprint density at radius 2 is 2.00 bits per heavy atom. The zero-order valence-electron chi connectivity index (χ0n) is 11.1. The van der Waals surface area contributed by atoms with Crippen LogP contribution in [-0.4, -0.2) is 18.9 Å². The molecule has 1 heterocycles. The van der Waals surface area contributed by atoms with Crippen molar-refractivity contribution in [1.82, 2.24) is 0 Å². The van der Waals surface area contributed by atoms with Gasteiger partial charge in [-0.2, -0.15) is 0 Å². The highest BCUT2D eigenvalue weighted by molar-refractivity contribution is 6.07. The maximum Gasteiger partial charge on any atom is 0.291 e. The predicted octanol–water partition coefficient (Wildman–Crippen LogP) is 1.000. The minimum absolute atomic E-state index is 0.0101. The maximum atomic E-state index is 12.0. The number of methoxy groups -OCH3 is 1. The summed E-state index contributed by atoms with van der Waals surface area (Å²) >= 11 is 0. The molecule has 0 aliphatic carbocycles. The Hall–Kier alpha value is -3.09. The molecule has 3 N–H and O–H groups in total. The molecule has 0 saturated carbocycles. The van der Waals surface area contributed by atoms with Gasteiger partial charge in [-0.25, -0.2) is 0 Å². The van der Waals surface area contributed by atoms with Crippen LogP contribution in [0, 0.1) is 0 Å². The second-order valence-corrected chi connectivity index (χ2v) is 4.04. The van der Waals surface area contributed by atoms with Gasteiger partial charge in [-0.05, 0) is 12.1 Å². The van der Waals surface area contributed by atoms with Crippen LogP contribution in [0.4, 0.5) is 5.69 Å². The van der Waals surface area contributed by atoms with Gasteiger partial charge in [0, 0.05) is 6.07 Å². The van der Waals surface area contributed by atoms with E-state index in [2.05, 4.69) is 5.32 Å². The number of benzene rings is 1. The van der Waals surface area contributed by atoms with Crippen molar-refractivity contribution in [3.05, 3.63) is 58.1 Å². The van der Waals surface area contributed by atoms with Gasteiger partial charge in [0.05, 0.1) is 18.4 Å². The highest BCUT2D eigenvalue weighted by Crippen LogP contribution is 2.15. The summed E-state index contributed by atoms with van der Waals surface area (Å²) in [7, 11) is 1.31. The monoisotopic (exact) mass is 288 g/mol. The van der Waals surface area contributed by atoms with E-state index in [0.717, 1.165) is 12.3 Å². The second-order valence-electron chi connectivity index (χ2n) is 4.04. The molecule has 1 aromatic heterocycles. The van der Waals surface area contributed by atoms with Crippen LogP contribution < -0.4 is 21.2 Å². The molecule has 0 bridgehead atoms. The van der Waals surface area contributed by atoms with Crippen molar-refractivity contribution in [3.63, 3.8) is 0 Å². The quantitative estimate of drug-likeness (QED) is 0.871. The summed E-state index contributed by atoms with van der Waals surface area (Å²) in [4.78, 5) is 34.8. The van der Waals surface area contributed by atoms with Crippen LogP contribution in [-0.2, 0) is 0 Å². The average molecular weight is 288 g/mol. The Morgan fingerprint density at radius 1 is 1.29 bits per heavy atom. The first-order valence-electron chi connectivity index (χ1n) is 5.90. The Balaban J connectivity index is 2.28. The zero-order chi connectivity index (χ0) is 15.4. The molecule has 0 saturated heterocycles. The Kier molecular flexibility index (Phi) is 4.03. The van der Waals surface area contributed by atoms with Crippen LogP contribution in [0.3, 0.4) is 0 Å². The zero-order valence-corrected chi connectivity index (χ0v) is 11.1. The Labute approximate surface area is 119 Å². The van der Waals surface area contributed by atoms with E-state index in [4.69, 9.17) is 14.9 Å². The molecule has 0 fully saturated rings. The lowest BCUT2D eigenvalue weighted by Crippen LogP contribution is -2.19. The van der Waals surface area contributed by atoms with Gasteiger partial charge in [-0.3, -0.25) is 14.4 Å². The molecular weight excluding hydrogens is 276 g/mol. The lowest BCUT2D eigenvalue weighted by Gasteiger charge is -2.08. The fourth-order valence-electron chi connectivity index (χ4n) is 1.66. The van der Waals surface area contributed by atoms with E-state index in [1.54, 1.807) is 12.1 Å². The molecule has 0 aliphatic rings. The van der Waals surface area contributed by atoms with Crippen LogP contribution in [0.5, 0.6) is 5.75 Å². The van der Waals surface area contributed by atoms with Gasteiger partial charge < -0.3 is 20.2 Å². The first-order chi connectivity index (χ1) is 10.0. The number of hydrogen-bond acceptors (Lipinski definition) is 5. The summed E-state index contributed by atoms with van der Waals surface area (Å²) < 4.78 is 9.76. The van der Waals surface area contributed by atoms with Gasteiger partial charge in [-0.15, -0.1) is 0 Å². The van der Waals surface area contributed by atoms with Crippen LogP contribution in [0.25, 0.3) is 0 Å². The van der Waals surface area contributed by atoms with E-state index >= 15 is 0 Å². The Bertz CT molecular complexity index is 751. The molecule has 7 heteroatoms. The summed E-state index contributed by atoms with van der Waals surface area (Å²) in [5.41, 5.74) is 5.11. The van der Waals surface area contributed by atoms with Gasteiger partial charge in [0.1, 0.15) is 6.26 Å². The van der Waals surface area contributed by atoms with E-state index in [1.165, 1.54) is 19.2 Å². The molecule has 7 nitrogen and oxygen atoms in total. The molecular formula is C14H12N2O5. The molecule has 0 atom stereocenters. The second kappa shape index (κ2) is 5.91. The van der Waals surface area contributed by atoms with E-state index in [0.29, 0.717) is 0 Å². The summed E-state index contributed by atoms with van der Waals surface area (Å²) in [5, 5.41) is 2.46. The topological polar surface area (TPSA) is 112 Å². The van der Waals surface area contributed by atoms with Gasteiger partial charge in [0.2, 0.25) is 11.2 Å². The van der Waals surface area contributed by atoms with Gasteiger partial charge in [-0.1, -0.05) is 12.1 Å². The largest absolute Gasteiger partial charge is 0.490 e. The molecule has 0 aliphatic heterocycles. The molecule has 0 radical (unpaired) electrons. The number of rotatable bonds is 4. The van der Waals surface area contributed by atoms with Crippen molar-refractivity contribution in [2.45, 2.75) is 0 Å². The van der Waals surface area contributed by atoms with Crippen molar-refractivity contribution < 1.29 is 18.7 Å². The van der Waals surface area contributed by atoms with Gasteiger partial charge in [0.15, 0.2) is 5.76 Å². The predicted molar refractivity (Wildman–Crippen MR) is 74.4 cm³/mol. The third-order valence-electron chi connectivity index (χ3n) is 2.68. The molecule has 2 aromatic rings. The fraction of sp³-hybridized carbons (Fsp3) is 0.0714. The summed E-state index contributed by atoms with van der Waals surface area (Å²) in [6.07, 6.45) is 1.04. The minimum atomic E-state index is -0.679. The number of carbonyl (C=O) groups is 2. The van der Waals surface area contributed by atoms with E-state index in [-0.39, 0.29) is 22.8 Å². The van der Waals surface area contributed by atoms with Gasteiger partial charge in [0.25, 0.3) is 11.8 Å². The third-order valence-corrected chi connectivity index (χ3v) is 2.68. The molecule has 2 amide bonds. The standard InChI is InChI=1S/C14H12N2O5/c1-20-12-7-21-11(6-10(12)17)14(19)16-9-5-3-2-4-8(9)13(15)18/h2-7H,1H3,(H2,15,18)(H,16,19). The number of amides is 2. The number of nitrogens with one attached hydrogen (secondary N) is 1. The smallest absolute Gasteiger partial charge is 0.291 e. The molecule has 0 unspecified atom stereocenters. The van der Waals surface area contributed by atoms with Crippen molar-refractivity contribution in [3.8, 4) is 5.75 Å².